The molecule has 144 valence electrons. The Morgan fingerprint density at radius 3 is 2.11 bits per heavy atom. The minimum absolute atomic E-state index is 0.0301. The van der Waals surface area contributed by atoms with E-state index < -0.39 is 21.8 Å². The molecule has 10 heteroatoms. The van der Waals surface area contributed by atoms with E-state index in [4.69, 9.17) is 23.2 Å². The van der Waals surface area contributed by atoms with Crippen LogP contribution in [-0.2, 0) is 10.0 Å². The van der Waals surface area contributed by atoms with E-state index in [2.05, 4.69) is 15.6 Å². The van der Waals surface area contributed by atoms with Gasteiger partial charge in [0.1, 0.15) is 0 Å². The highest BCUT2D eigenvalue weighted by atomic mass is 35.5. The molecule has 3 N–H and O–H groups in total. The number of rotatable bonds is 5. The van der Waals surface area contributed by atoms with E-state index in [-0.39, 0.29) is 27.1 Å². The number of nitrogens with one attached hydrogen (secondary N) is 3. The summed E-state index contributed by atoms with van der Waals surface area (Å²) in [5.41, 5.74) is 4.72. The SMILES string of the molecule is CC(C)NS(=O)(=O)c1ccc(C(=O)NNC(=O)c2cc(Cl)ccc2Cl)cc1. The first-order valence-corrected chi connectivity index (χ1v) is 10.0. The highest BCUT2D eigenvalue weighted by Gasteiger charge is 2.17. The maximum absolute atomic E-state index is 12.1. The number of carbonyl (C=O) groups excluding carboxylic acids is 2. The van der Waals surface area contributed by atoms with Gasteiger partial charge < -0.3 is 0 Å². The van der Waals surface area contributed by atoms with Gasteiger partial charge in [0.05, 0.1) is 15.5 Å². The van der Waals surface area contributed by atoms with Gasteiger partial charge in [0.2, 0.25) is 10.0 Å². The molecule has 0 unspecified atom stereocenters. The van der Waals surface area contributed by atoms with Gasteiger partial charge in [-0.1, -0.05) is 23.2 Å². The number of carbonyl (C=O) groups is 2. The largest absolute Gasteiger partial charge is 0.271 e. The van der Waals surface area contributed by atoms with Gasteiger partial charge in [-0.25, -0.2) is 13.1 Å². The molecule has 0 fully saturated rings. The zero-order valence-electron chi connectivity index (χ0n) is 14.4. The third kappa shape index (κ3) is 5.67. The van der Waals surface area contributed by atoms with E-state index in [0.29, 0.717) is 5.02 Å². The van der Waals surface area contributed by atoms with E-state index in [0.717, 1.165) is 0 Å². The lowest BCUT2D eigenvalue weighted by Gasteiger charge is -2.11. The van der Waals surface area contributed by atoms with Gasteiger partial charge in [-0.05, 0) is 56.3 Å². The van der Waals surface area contributed by atoms with Crippen LogP contribution < -0.4 is 15.6 Å². The Morgan fingerprint density at radius 1 is 0.926 bits per heavy atom. The van der Waals surface area contributed by atoms with Crippen LogP contribution in [0.25, 0.3) is 0 Å². The lowest BCUT2D eigenvalue weighted by molar-refractivity contribution is 0.0846. The molecule has 2 aromatic rings. The highest BCUT2D eigenvalue weighted by Crippen LogP contribution is 2.20. The molecule has 0 aromatic heterocycles. The summed E-state index contributed by atoms with van der Waals surface area (Å²) in [5, 5.41) is 0.501. The van der Waals surface area contributed by atoms with Crippen LogP contribution in [-0.4, -0.2) is 26.3 Å². The third-order valence-electron chi connectivity index (χ3n) is 3.28. The molecule has 2 amide bonds. The van der Waals surface area contributed by atoms with Gasteiger partial charge in [0.25, 0.3) is 11.8 Å². The first-order valence-electron chi connectivity index (χ1n) is 7.78. The number of hydrogen-bond donors (Lipinski definition) is 3. The second-order valence-corrected chi connectivity index (χ2v) is 8.39. The number of hydrazine groups is 1. The van der Waals surface area contributed by atoms with Gasteiger partial charge in [-0.2, -0.15) is 0 Å². The minimum atomic E-state index is -3.65. The summed E-state index contributed by atoms with van der Waals surface area (Å²) in [6, 6.07) is 9.38. The Labute approximate surface area is 167 Å². The summed E-state index contributed by atoms with van der Waals surface area (Å²) in [4.78, 5) is 24.2. The highest BCUT2D eigenvalue weighted by molar-refractivity contribution is 7.89. The Morgan fingerprint density at radius 2 is 1.52 bits per heavy atom. The average molecular weight is 430 g/mol. The van der Waals surface area contributed by atoms with Crippen molar-refractivity contribution in [3.8, 4) is 0 Å². The molecule has 0 atom stereocenters. The minimum Gasteiger partial charge on any atom is -0.267 e. The Kier molecular flexibility index (Phi) is 6.83. The molecular weight excluding hydrogens is 413 g/mol. The van der Waals surface area contributed by atoms with Gasteiger partial charge in [0.15, 0.2) is 0 Å². The molecule has 27 heavy (non-hydrogen) atoms. The second-order valence-electron chi connectivity index (χ2n) is 5.83. The van der Waals surface area contributed by atoms with Gasteiger partial charge in [-0.15, -0.1) is 0 Å². The lowest BCUT2D eigenvalue weighted by Crippen LogP contribution is -2.41. The monoisotopic (exact) mass is 429 g/mol. The molecule has 0 saturated carbocycles. The molecule has 0 saturated heterocycles. The molecule has 7 nitrogen and oxygen atoms in total. The van der Waals surface area contributed by atoms with Crippen LogP contribution in [0, 0.1) is 0 Å². The van der Waals surface area contributed by atoms with Crippen LogP contribution in [0.15, 0.2) is 47.4 Å². The summed E-state index contributed by atoms with van der Waals surface area (Å²) in [5.74, 6) is -1.27. The Hall–Kier alpha value is -2.13. The van der Waals surface area contributed by atoms with Crippen molar-refractivity contribution in [3.05, 3.63) is 63.6 Å². The summed E-state index contributed by atoms with van der Waals surface area (Å²) in [7, 11) is -3.65. The van der Waals surface area contributed by atoms with Gasteiger partial charge in [-0.3, -0.25) is 20.4 Å². The van der Waals surface area contributed by atoms with Crippen molar-refractivity contribution in [1.82, 2.24) is 15.6 Å². The topological polar surface area (TPSA) is 104 Å². The van der Waals surface area contributed by atoms with Crippen LogP contribution in [0.2, 0.25) is 10.0 Å². The standard InChI is InChI=1S/C17H17Cl2N3O4S/c1-10(2)22-27(25,26)13-6-3-11(4-7-13)16(23)20-21-17(24)14-9-12(18)5-8-15(14)19/h3-10,22H,1-2H3,(H,20,23)(H,21,24). The summed E-state index contributed by atoms with van der Waals surface area (Å²) in [6.45, 7) is 3.41. The molecule has 0 aliphatic heterocycles. The summed E-state index contributed by atoms with van der Waals surface area (Å²) >= 11 is 11.7. The molecular formula is C17H17Cl2N3O4S. The second kappa shape index (κ2) is 8.71. The van der Waals surface area contributed by atoms with Crippen molar-refractivity contribution >= 4 is 45.0 Å². The first-order chi connectivity index (χ1) is 12.6. The van der Waals surface area contributed by atoms with Gasteiger partial charge >= 0.3 is 0 Å². The fourth-order valence-corrected chi connectivity index (χ4v) is 3.71. The third-order valence-corrected chi connectivity index (χ3v) is 5.52. The van der Waals surface area contributed by atoms with Crippen LogP contribution in [0.4, 0.5) is 0 Å². The maximum Gasteiger partial charge on any atom is 0.271 e. The van der Waals surface area contributed by atoms with E-state index >= 15 is 0 Å². The van der Waals surface area contributed by atoms with Crippen molar-refractivity contribution in [2.75, 3.05) is 0 Å². The average Bonchev–Trinajstić information content (AvgIpc) is 2.60. The van der Waals surface area contributed by atoms with Crippen molar-refractivity contribution in [1.29, 1.82) is 0 Å². The predicted molar refractivity (Wildman–Crippen MR) is 103 cm³/mol. The van der Waals surface area contributed by atoms with E-state index in [9.17, 15) is 18.0 Å². The Bertz CT molecular complexity index is 961. The van der Waals surface area contributed by atoms with Crippen LogP contribution in [0.5, 0.6) is 0 Å². The number of sulfonamides is 1. The summed E-state index contributed by atoms with van der Waals surface area (Å²) < 4.78 is 26.6. The number of hydrogen-bond acceptors (Lipinski definition) is 4. The number of benzene rings is 2. The molecule has 0 aliphatic rings. The fourth-order valence-electron chi connectivity index (χ4n) is 2.09. The first kappa shape index (κ1) is 21.2. The molecule has 0 spiro atoms. The number of halogens is 2. The predicted octanol–water partition coefficient (Wildman–Crippen LogP) is 2.75. The van der Waals surface area contributed by atoms with Crippen LogP contribution in [0.1, 0.15) is 34.6 Å². The van der Waals surface area contributed by atoms with Crippen molar-refractivity contribution in [2.45, 2.75) is 24.8 Å². The fraction of sp³-hybridized carbons (Fsp3) is 0.176. The lowest BCUT2D eigenvalue weighted by atomic mass is 10.2. The maximum atomic E-state index is 12.1. The quantitative estimate of drug-likeness (QED) is 0.635. The molecule has 0 bridgehead atoms. The van der Waals surface area contributed by atoms with E-state index in [1.807, 2.05) is 0 Å². The van der Waals surface area contributed by atoms with E-state index in [1.165, 1.54) is 42.5 Å². The zero-order valence-corrected chi connectivity index (χ0v) is 16.7. The van der Waals surface area contributed by atoms with Crippen LogP contribution >= 0.6 is 23.2 Å². The number of amides is 2. The normalized spacial score (nSPS) is 11.3. The molecule has 0 aliphatic carbocycles. The smallest absolute Gasteiger partial charge is 0.267 e. The van der Waals surface area contributed by atoms with E-state index in [1.54, 1.807) is 13.8 Å². The zero-order chi connectivity index (χ0) is 20.2. The molecule has 0 radical (unpaired) electrons. The van der Waals surface area contributed by atoms with Crippen molar-refractivity contribution < 1.29 is 18.0 Å². The molecule has 2 rings (SSSR count). The van der Waals surface area contributed by atoms with Crippen molar-refractivity contribution in [2.24, 2.45) is 0 Å². The van der Waals surface area contributed by atoms with Gasteiger partial charge in [0, 0.05) is 16.6 Å². The Balaban J connectivity index is 2.04. The summed E-state index contributed by atoms with van der Waals surface area (Å²) in [6.07, 6.45) is 0. The van der Waals surface area contributed by atoms with Crippen molar-refractivity contribution in [3.63, 3.8) is 0 Å². The molecule has 2 aromatic carbocycles. The molecule has 0 heterocycles. The van der Waals surface area contributed by atoms with Crippen LogP contribution in [0.3, 0.4) is 0 Å².